The molecule has 0 N–H and O–H groups in total. The molecule has 7 nitrogen and oxygen atoms in total. The minimum Gasteiger partial charge on any atom is -0.493 e. The number of imidazole rings is 1. The molecular weight excluding hydrogens is 404 g/mol. The Morgan fingerprint density at radius 3 is 2.66 bits per heavy atom. The van der Waals surface area contributed by atoms with Gasteiger partial charge in [0.15, 0.2) is 11.5 Å². The van der Waals surface area contributed by atoms with Gasteiger partial charge in [-0.15, -0.1) is 0 Å². The lowest BCUT2D eigenvalue weighted by atomic mass is 10.1. The molecule has 3 heterocycles. The van der Waals surface area contributed by atoms with Gasteiger partial charge >= 0.3 is 0 Å². The molecule has 0 saturated heterocycles. The molecule has 0 saturated carbocycles. The van der Waals surface area contributed by atoms with Gasteiger partial charge in [0, 0.05) is 35.4 Å². The number of benzene rings is 2. The number of aryl methyl sites for hydroxylation is 1. The van der Waals surface area contributed by atoms with Crippen molar-refractivity contribution in [1.29, 1.82) is 0 Å². The Morgan fingerprint density at radius 1 is 0.906 bits per heavy atom. The first-order valence-electron chi connectivity index (χ1n) is 10.3. The summed E-state index contributed by atoms with van der Waals surface area (Å²) in [5.74, 6) is 2.63. The lowest BCUT2D eigenvalue weighted by Crippen LogP contribution is -2.07. The molecule has 0 fully saturated rings. The van der Waals surface area contributed by atoms with E-state index in [9.17, 15) is 0 Å². The molecule has 0 aliphatic carbocycles. The summed E-state index contributed by atoms with van der Waals surface area (Å²) >= 11 is 0. The Kier molecular flexibility index (Phi) is 5.29. The van der Waals surface area contributed by atoms with Gasteiger partial charge in [-0.05, 0) is 31.2 Å². The topological polar surface area (TPSA) is 71.3 Å². The van der Waals surface area contributed by atoms with Crippen LogP contribution in [0.5, 0.6) is 23.0 Å². The Hall–Kier alpha value is -4.13. The van der Waals surface area contributed by atoms with Gasteiger partial charge in [0.2, 0.25) is 0 Å². The van der Waals surface area contributed by atoms with Crippen LogP contribution in [0.2, 0.25) is 0 Å². The summed E-state index contributed by atoms with van der Waals surface area (Å²) in [4.78, 5) is 13.2. The molecule has 0 aliphatic heterocycles. The average molecular weight is 426 g/mol. The van der Waals surface area contributed by atoms with Gasteiger partial charge in [0.25, 0.3) is 0 Å². The van der Waals surface area contributed by atoms with Crippen LogP contribution in [0.25, 0.3) is 21.8 Å². The quantitative estimate of drug-likeness (QED) is 0.358. The van der Waals surface area contributed by atoms with Crippen molar-refractivity contribution in [2.24, 2.45) is 0 Å². The highest BCUT2D eigenvalue weighted by atomic mass is 16.5. The molecule has 0 aliphatic rings. The first-order chi connectivity index (χ1) is 15.7. The molecule has 0 unspecified atom stereocenters. The Morgan fingerprint density at radius 2 is 1.81 bits per heavy atom. The standard InChI is InChI=1S/C25H22N4O3/c1-17-23(13-18-5-3-4-6-20(18)28-17)32-22-7-8-27-21-15-24(30-2)25(14-19(21)22)31-12-11-29-10-9-26-16-29/h3-10,13-16H,11-12H2,1-2H3. The number of nitrogens with zero attached hydrogens (tertiary/aromatic N) is 4. The molecule has 5 aromatic rings. The van der Waals surface area contributed by atoms with E-state index in [1.807, 2.05) is 66.2 Å². The van der Waals surface area contributed by atoms with Crippen LogP contribution in [0.4, 0.5) is 0 Å². The summed E-state index contributed by atoms with van der Waals surface area (Å²) in [5.41, 5.74) is 2.52. The van der Waals surface area contributed by atoms with E-state index in [1.165, 1.54) is 0 Å². The van der Waals surface area contributed by atoms with Gasteiger partial charge in [-0.25, -0.2) is 9.97 Å². The Bertz CT molecular complexity index is 1380. The van der Waals surface area contributed by atoms with E-state index in [0.717, 1.165) is 27.5 Å². The average Bonchev–Trinajstić information content (AvgIpc) is 3.33. The van der Waals surface area contributed by atoms with Gasteiger partial charge in [-0.2, -0.15) is 0 Å². The fourth-order valence-corrected chi connectivity index (χ4v) is 3.58. The van der Waals surface area contributed by atoms with Crippen LogP contribution >= 0.6 is 0 Å². The second-order valence-corrected chi connectivity index (χ2v) is 7.34. The maximum absolute atomic E-state index is 6.31. The van der Waals surface area contributed by atoms with E-state index in [1.54, 1.807) is 25.8 Å². The van der Waals surface area contributed by atoms with Crippen LogP contribution in [-0.2, 0) is 6.54 Å². The third-order valence-electron chi connectivity index (χ3n) is 5.24. The number of aromatic nitrogens is 4. The van der Waals surface area contributed by atoms with Crippen molar-refractivity contribution in [2.75, 3.05) is 13.7 Å². The number of para-hydroxylation sites is 1. The summed E-state index contributed by atoms with van der Waals surface area (Å²) in [6, 6.07) is 15.6. The SMILES string of the molecule is COc1cc2nccc(Oc3cc4ccccc4nc3C)c2cc1OCCn1ccnc1. The van der Waals surface area contributed by atoms with Crippen molar-refractivity contribution in [1.82, 2.24) is 19.5 Å². The summed E-state index contributed by atoms with van der Waals surface area (Å²) in [7, 11) is 1.62. The minimum absolute atomic E-state index is 0.475. The predicted octanol–water partition coefficient (Wildman–Crippen LogP) is 5.17. The van der Waals surface area contributed by atoms with E-state index < -0.39 is 0 Å². The summed E-state index contributed by atoms with van der Waals surface area (Å²) in [5, 5.41) is 1.86. The minimum atomic E-state index is 0.475. The van der Waals surface area contributed by atoms with Gasteiger partial charge in [-0.3, -0.25) is 4.98 Å². The normalized spacial score (nSPS) is 11.1. The molecule has 0 spiro atoms. The van der Waals surface area contributed by atoms with Gasteiger partial charge in [-0.1, -0.05) is 18.2 Å². The molecule has 2 aromatic carbocycles. The number of hydrogen-bond donors (Lipinski definition) is 0. The molecular formula is C25H22N4O3. The van der Waals surface area contributed by atoms with Crippen LogP contribution in [0.15, 0.2) is 73.4 Å². The summed E-state index contributed by atoms with van der Waals surface area (Å²) in [6.07, 6.45) is 7.13. The molecule has 160 valence electrons. The number of pyridine rings is 2. The van der Waals surface area contributed by atoms with E-state index >= 15 is 0 Å². The van der Waals surface area contributed by atoms with Gasteiger partial charge in [0.1, 0.15) is 18.1 Å². The van der Waals surface area contributed by atoms with Crippen LogP contribution < -0.4 is 14.2 Å². The smallest absolute Gasteiger partial charge is 0.162 e. The number of hydrogen-bond acceptors (Lipinski definition) is 6. The molecule has 0 atom stereocenters. The van der Waals surface area contributed by atoms with Crippen molar-refractivity contribution >= 4 is 21.8 Å². The zero-order valence-corrected chi connectivity index (χ0v) is 17.9. The fourth-order valence-electron chi connectivity index (χ4n) is 3.58. The molecule has 0 amide bonds. The van der Waals surface area contributed by atoms with E-state index in [2.05, 4.69) is 15.0 Å². The van der Waals surface area contributed by atoms with Gasteiger partial charge < -0.3 is 18.8 Å². The van der Waals surface area contributed by atoms with Crippen molar-refractivity contribution in [2.45, 2.75) is 13.5 Å². The molecule has 7 heteroatoms. The van der Waals surface area contributed by atoms with Crippen LogP contribution in [0.1, 0.15) is 5.69 Å². The number of fused-ring (bicyclic) bond motifs is 2. The molecule has 0 bridgehead atoms. The number of rotatable bonds is 7. The zero-order valence-electron chi connectivity index (χ0n) is 17.9. The first-order valence-corrected chi connectivity index (χ1v) is 10.3. The summed E-state index contributed by atoms with van der Waals surface area (Å²) in [6.45, 7) is 3.10. The van der Waals surface area contributed by atoms with Crippen molar-refractivity contribution in [3.63, 3.8) is 0 Å². The monoisotopic (exact) mass is 426 g/mol. The zero-order chi connectivity index (χ0) is 21.9. The Balaban J connectivity index is 1.48. The van der Waals surface area contributed by atoms with Crippen LogP contribution in [0.3, 0.4) is 0 Å². The third kappa shape index (κ3) is 3.92. The van der Waals surface area contributed by atoms with E-state index in [0.29, 0.717) is 36.1 Å². The maximum Gasteiger partial charge on any atom is 0.162 e. The van der Waals surface area contributed by atoms with E-state index in [-0.39, 0.29) is 0 Å². The van der Waals surface area contributed by atoms with Crippen LogP contribution in [-0.4, -0.2) is 33.2 Å². The van der Waals surface area contributed by atoms with Crippen molar-refractivity contribution in [3.8, 4) is 23.0 Å². The highest BCUT2D eigenvalue weighted by molar-refractivity contribution is 5.88. The molecule has 0 radical (unpaired) electrons. The summed E-state index contributed by atoms with van der Waals surface area (Å²) < 4.78 is 19.8. The fraction of sp³-hybridized carbons (Fsp3) is 0.160. The first kappa shape index (κ1) is 19.8. The second-order valence-electron chi connectivity index (χ2n) is 7.34. The van der Waals surface area contributed by atoms with Crippen molar-refractivity contribution in [3.05, 3.63) is 79.1 Å². The lowest BCUT2D eigenvalue weighted by molar-refractivity contribution is 0.280. The van der Waals surface area contributed by atoms with Crippen LogP contribution in [0, 0.1) is 6.92 Å². The Labute approximate surface area is 185 Å². The molecule has 5 rings (SSSR count). The highest BCUT2D eigenvalue weighted by Gasteiger charge is 2.13. The van der Waals surface area contributed by atoms with E-state index in [4.69, 9.17) is 14.2 Å². The molecule has 3 aromatic heterocycles. The second kappa shape index (κ2) is 8.55. The maximum atomic E-state index is 6.31. The largest absolute Gasteiger partial charge is 0.493 e. The lowest BCUT2D eigenvalue weighted by Gasteiger charge is -2.15. The number of ether oxygens (including phenoxy) is 3. The number of methoxy groups -OCH3 is 1. The highest BCUT2D eigenvalue weighted by Crippen LogP contribution is 2.38. The third-order valence-corrected chi connectivity index (χ3v) is 5.24. The van der Waals surface area contributed by atoms with Crippen molar-refractivity contribution < 1.29 is 14.2 Å². The van der Waals surface area contributed by atoms with Gasteiger partial charge in [0.05, 0.1) is 36.7 Å². The molecule has 32 heavy (non-hydrogen) atoms. The predicted molar refractivity (Wildman–Crippen MR) is 123 cm³/mol.